The van der Waals surface area contributed by atoms with Crippen LogP contribution in [0.4, 0.5) is 11.4 Å². The smallest absolute Gasteiger partial charge is 0.359 e. The highest BCUT2D eigenvalue weighted by molar-refractivity contribution is 6.03. The molecule has 3 rings (SSSR count). The maximum absolute atomic E-state index is 12.5. The molecular formula is C20H18N4O7. The highest BCUT2D eigenvalue weighted by Gasteiger charge is 2.21. The summed E-state index contributed by atoms with van der Waals surface area (Å²) < 4.78 is 11.1. The standard InChI is InChI=1S/C20H18N4O7/c1-3-23-19(26)14-7-5-4-6-13(14)18(22-23)20(27)31-11-17(25)21-15-9-8-12(30-2)10-16(15)24(28)29/h4-10H,3,11H2,1-2H3,(H,21,25). The number of carbonyl (C=O) groups excluding carboxylic acids is 2. The Balaban J connectivity index is 1.78. The molecule has 160 valence electrons. The number of nitro groups is 1. The Morgan fingerprint density at radius 2 is 1.90 bits per heavy atom. The van der Waals surface area contributed by atoms with E-state index >= 15 is 0 Å². The monoisotopic (exact) mass is 426 g/mol. The summed E-state index contributed by atoms with van der Waals surface area (Å²) in [4.78, 5) is 47.6. The zero-order valence-corrected chi connectivity index (χ0v) is 16.7. The average Bonchev–Trinajstić information content (AvgIpc) is 2.78. The normalized spacial score (nSPS) is 10.5. The summed E-state index contributed by atoms with van der Waals surface area (Å²) in [5.74, 6) is -1.44. The molecule has 0 aliphatic heterocycles. The summed E-state index contributed by atoms with van der Waals surface area (Å²) in [6.07, 6.45) is 0. The van der Waals surface area contributed by atoms with Gasteiger partial charge in [0, 0.05) is 11.9 Å². The third-order valence-electron chi connectivity index (χ3n) is 4.37. The van der Waals surface area contributed by atoms with Crippen molar-refractivity contribution in [2.75, 3.05) is 19.0 Å². The van der Waals surface area contributed by atoms with E-state index < -0.39 is 23.4 Å². The van der Waals surface area contributed by atoms with Crippen molar-refractivity contribution in [3.05, 3.63) is 68.6 Å². The van der Waals surface area contributed by atoms with E-state index in [0.717, 1.165) is 10.7 Å². The topological polar surface area (TPSA) is 143 Å². The van der Waals surface area contributed by atoms with Crippen molar-refractivity contribution < 1.29 is 24.0 Å². The fourth-order valence-electron chi connectivity index (χ4n) is 2.88. The van der Waals surface area contributed by atoms with Crippen LogP contribution in [0.5, 0.6) is 5.75 Å². The molecule has 1 N–H and O–H groups in total. The second-order valence-corrected chi connectivity index (χ2v) is 6.28. The number of nitro benzene ring substituents is 1. The second-order valence-electron chi connectivity index (χ2n) is 6.28. The van der Waals surface area contributed by atoms with E-state index in [9.17, 15) is 24.5 Å². The number of benzene rings is 2. The molecule has 0 aliphatic carbocycles. The lowest BCUT2D eigenvalue weighted by atomic mass is 10.1. The van der Waals surface area contributed by atoms with Crippen LogP contribution in [0.2, 0.25) is 0 Å². The number of aromatic nitrogens is 2. The summed E-state index contributed by atoms with van der Waals surface area (Å²) in [5, 5.41) is 18.2. The molecule has 0 saturated heterocycles. The van der Waals surface area contributed by atoms with Gasteiger partial charge in [0.05, 0.1) is 23.5 Å². The van der Waals surface area contributed by atoms with Crippen LogP contribution in [-0.2, 0) is 16.1 Å². The molecule has 0 unspecified atom stereocenters. The zero-order valence-electron chi connectivity index (χ0n) is 16.7. The minimum absolute atomic E-state index is 0.0741. The van der Waals surface area contributed by atoms with Gasteiger partial charge >= 0.3 is 5.97 Å². The molecule has 31 heavy (non-hydrogen) atoms. The maximum Gasteiger partial charge on any atom is 0.359 e. The Hall–Kier alpha value is -4.28. The van der Waals surface area contributed by atoms with Gasteiger partial charge < -0.3 is 14.8 Å². The summed E-state index contributed by atoms with van der Waals surface area (Å²) >= 11 is 0. The molecule has 1 amide bonds. The zero-order chi connectivity index (χ0) is 22.5. The fraction of sp³-hybridized carbons (Fsp3) is 0.200. The first-order valence-corrected chi connectivity index (χ1v) is 9.15. The molecule has 0 spiro atoms. The van der Waals surface area contributed by atoms with Crippen molar-refractivity contribution in [3.8, 4) is 5.75 Å². The van der Waals surface area contributed by atoms with Crippen LogP contribution in [0.1, 0.15) is 17.4 Å². The van der Waals surface area contributed by atoms with Gasteiger partial charge in [-0.05, 0) is 25.1 Å². The third-order valence-corrected chi connectivity index (χ3v) is 4.37. The second kappa shape index (κ2) is 9.03. The van der Waals surface area contributed by atoms with Gasteiger partial charge in [0.2, 0.25) is 0 Å². The van der Waals surface area contributed by atoms with Gasteiger partial charge in [-0.1, -0.05) is 18.2 Å². The number of amides is 1. The number of methoxy groups -OCH3 is 1. The number of nitrogens with one attached hydrogen (secondary N) is 1. The average molecular weight is 426 g/mol. The lowest BCUT2D eigenvalue weighted by Gasteiger charge is -2.10. The van der Waals surface area contributed by atoms with Crippen LogP contribution in [0.3, 0.4) is 0 Å². The summed E-state index contributed by atoms with van der Waals surface area (Å²) in [6, 6.07) is 10.3. The maximum atomic E-state index is 12.5. The van der Waals surface area contributed by atoms with Gasteiger partial charge in [-0.15, -0.1) is 0 Å². The van der Waals surface area contributed by atoms with Crippen molar-refractivity contribution in [1.82, 2.24) is 9.78 Å². The van der Waals surface area contributed by atoms with E-state index in [4.69, 9.17) is 9.47 Å². The number of hydrogen-bond donors (Lipinski definition) is 1. The van der Waals surface area contributed by atoms with Gasteiger partial charge in [-0.25, -0.2) is 9.48 Å². The quantitative estimate of drug-likeness (QED) is 0.344. The Morgan fingerprint density at radius 3 is 2.55 bits per heavy atom. The molecule has 11 heteroatoms. The molecule has 1 aromatic heterocycles. The number of hydrogen-bond acceptors (Lipinski definition) is 8. The number of ether oxygens (including phenoxy) is 2. The first-order valence-electron chi connectivity index (χ1n) is 9.15. The van der Waals surface area contributed by atoms with Gasteiger partial charge in [0.25, 0.3) is 17.2 Å². The minimum Gasteiger partial charge on any atom is -0.496 e. The first kappa shape index (κ1) is 21.4. The predicted octanol–water partition coefficient (Wildman–Crippen LogP) is 2.13. The van der Waals surface area contributed by atoms with Gasteiger partial charge in [-0.3, -0.25) is 19.7 Å². The van der Waals surface area contributed by atoms with Crippen LogP contribution in [0.15, 0.2) is 47.3 Å². The Bertz CT molecular complexity index is 1240. The van der Waals surface area contributed by atoms with Crippen molar-refractivity contribution in [2.45, 2.75) is 13.5 Å². The van der Waals surface area contributed by atoms with Gasteiger partial charge in [0.15, 0.2) is 12.3 Å². The highest BCUT2D eigenvalue weighted by atomic mass is 16.6. The highest BCUT2D eigenvalue weighted by Crippen LogP contribution is 2.28. The SMILES string of the molecule is CCn1nc(C(=O)OCC(=O)Nc2ccc(OC)cc2[N+](=O)[O-])c2ccccc2c1=O. The van der Waals surface area contributed by atoms with Gasteiger partial charge in [-0.2, -0.15) is 5.10 Å². The number of rotatable bonds is 7. The first-order chi connectivity index (χ1) is 14.8. The van der Waals surface area contributed by atoms with Crippen molar-refractivity contribution in [3.63, 3.8) is 0 Å². The van der Waals surface area contributed by atoms with Crippen LogP contribution < -0.4 is 15.6 Å². The summed E-state index contributed by atoms with van der Waals surface area (Å²) in [7, 11) is 1.36. The molecule has 0 aliphatic rings. The van der Waals surface area contributed by atoms with Crippen LogP contribution in [0.25, 0.3) is 10.8 Å². The molecule has 2 aromatic carbocycles. The number of nitrogens with zero attached hydrogens (tertiary/aromatic N) is 3. The molecule has 0 fully saturated rings. The number of anilines is 1. The summed E-state index contributed by atoms with van der Waals surface area (Å²) in [6.45, 7) is 1.24. The molecule has 0 bridgehead atoms. The molecule has 1 heterocycles. The third kappa shape index (κ3) is 4.50. The fourth-order valence-corrected chi connectivity index (χ4v) is 2.88. The molecule has 0 saturated carbocycles. The Morgan fingerprint density at radius 1 is 1.19 bits per heavy atom. The summed E-state index contributed by atoms with van der Waals surface area (Å²) in [5.41, 5.74) is -0.906. The van der Waals surface area contributed by atoms with Crippen LogP contribution in [-0.4, -0.2) is 40.3 Å². The van der Waals surface area contributed by atoms with E-state index in [1.165, 1.54) is 19.2 Å². The number of esters is 1. The number of fused-ring (bicyclic) bond motifs is 1. The number of carbonyl (C=O) groups is 2. The molecule has 0 radical (unpaired) electrons. The Kier molecular flexibility index (Phi) is 6.24. The molecule has 0 atom stereocenters. The molecular weight excluding hydrogens is 408 g/mol. The van der Waals surface area contributed by atoms with E-state index in [2.05, 4.69) is 10.4 Å². The lowest BCUT2D eigenvalue weighted by molar-refractivity contribution is -0.384. The minimum atomic E-state index is -0.905. The Labute approximate surface area is 175 Å². The lowest BCUT2D eigenvalue weighted by Crippen LogP contribution is -2.27. The molecule has 11 nitrogen and oxygen atoms in total. The van der Waals surface area contributed by atoms with E-state index in [1.54, 1.807) is 31.2 Å². The van der Waals surface area contributed by atoms with Crippen LogP contribution in [0, 0.1) is 10.1 Å². The van der Waals surface area contributed by atoms with E-state index in [1.807, 2.05) is 0 Å². The predicted molar refractivity (Wildman–Crippen MR) is 110 cm³/mol. The molecule has 3 aromatic rings. The van der Waals surface area contributed by atoms with Crippen molar-refractivity contribution in [1.29, 1.82) is 0 Å². The van der Waals surface area contributed by atoms with E-state index in [-0.39, 0.29) is 34.9 Å². The number of aryl methyl sites for hydroxylation is 1. The van der Waals surface area contributed by atoms with Crippen LogP contribution >= 0.6 is 0 Å². The van der Waals surface area contributed by atoms with E-state index in [0.29, 0.717) is 10.8 Å². The largest absolute Gasteiger partial charge is 0.496 e. The van der Waals surface area contributed by atoms with Gasteiger partial charge in [0.1, 0.15) is 11.4 Å². The van der Waals surface area contributed by atoms with Crippen molar-refractivity contribution in [2.24, 2.45) is 0 Å². The van der Waals surface area contributed by atoms with Crippen molar-refractivity contribution >= 4 is 34.0 Å².